The maximum atomic E-state index is 11.9. The van der Waals surface area contributed by atoms with E-state index in [1.165, 1.54) is 12.2 Å². The largest absolute Gasteiger partial charge is 0.418 e. The number of alkyl halides is 3. The fraction of sp³-hybridized carbons (Fsp3) is 0.500. The molecule has 0 bridgehead atoms. The lowest BCUT2D eigenvalue weighted by Crippen LogP contribution is -2.30. The van der Waals surface area contributed by atoms with E-state index < -0.39 is 12.3 Å². The molecule has 0 aliphatic heterocycles. The van der Waals surface area contributed by atoms with Crippen LogP contribution < -0.4 is 0 Å². The van der Waals surface area contributed by atoms with E-state index in [0.717, 1.165) is 6.42 Å². The SMILES string of the molecule is OC(C1=CCCC=C1)C(F)(F)F. The highest BCUT2D eigenvalue weighted by Crippen LogP contribution is 2.27. The first-order valence-electron chi connectivity index (χ1n) is 3.63. The molecular formula is C8H9F3O. The summed E-state index contributed by atoms with van der Waals surface area (Å²) >= 11 is 0. The Labute approximate surface area is 68.2 Å². The van der Waals surface area contributed by atoms with Crippen molar-refractivity contribution in [1.82, 2.24) is 0 Å². The van der Waals surface area contributed by atoms with Gasteiger partial charge in [0.05, 0.1) is 0 Å². The quantitative estimate of drug-likeness (QED) is 0.652. The van der Waals surface area contributed by atoms with Gasteiger partial charge in [-0.1, -0.05) is 18.2 Å². The van der Waals surface area contributed by atoms with Gasteiger partial charge >= 0.3 is 6.18 Å². The standard InChI is InChI=1S/C8H9F3O/c9-8(10,11)7(12)6-4-2-1-3-5-6/h2,4-5,7,12H,1,3H2. The monoisotopic (exact) mass is 178 g/mol. The molecule has 0 aromatic rings. The van der Waals surface area contributed by atoms with Crippen molar-refractivity contribution < 1.29 is 18.3 Å². The molecule has 0 saturated heterocycles. The zero-order valence-corrected chi connectivity index (χ0v) is 6.30. The lowest BCUT2D eigenvalue weighted by Gasteiger charge is -2.17. The van der Waals surface area contributed by atoms with Gasteiger partial charge in [-0.2, -0.15) is 13.2 Å². The van der Waals surface area contributed by atoms with Crippen molar-refractivity contribution in [2.24, 2.45) is 0 Å². The van der Waals surface area contributed by atoms with Crippen LogP contribution in [0.25, 0.3) is 0 Å². The summed E-state index contributed by atoms with van der Waals surface area (Å²) in [6.07, 6.45) is -1.20. The van der Waals surface area contributed by atoms with E-state index in [9.17, 15) is 13.2 Å². The zero-order valence-electron chi connectivity index (χ0n) is 6.30. The van der Waals surface area contributed by atoms with E-state index in [1.807, 2.05) is 0 Å². The third kappa shape index (κ3) is 2.11. The second kappa shape index (κ2) is 3.31. The first kappa shape index (κ1) is 9.32. The van der Waals surface area contributed by atoms with Gasteiger partial charge in [0.25, 0.3) is 0 Å². The van der Waals surface area contributed by atoms with Gasteiger partial charge in [0.15, 0.2) is 6.10 Å². The van der Waals surface area contributed by atoms with Gasteiger partial charge in [-0.05, 0) is 18.4 Å². The lowest BCUT2D eigenvalue weighted by molar-refractivity contribution is -0.190. The molecule has 0 radical (unpaired) electrons. The lowest BCUT2D eigenvalue weighted by atomic mass is 10.0. The second-order valence-corrected chi connectivity index (χ2v) is 2.63. The van der Waals surface area contributed by atoms with E-state index in [4.69, 9.17) is 5.11 Å². The number of aliphatic hydroxyl groups is 1. The van der Waals surface area contributed by atoms with Crippen molar-refractivity contribution in [3.05, 3.63) is 23.8 Å². The highest BCUT2D eigenvalue weighted by molar-refractivity contribution is 5.27. The Morgan fingerprint density at radius 2 is 2.00 bits per heavy atom. The molecule has 0 aromatic heterocycles. The molecule has 0 amide bonds. The molecule has 1 rings (SSSR count). The van der Waals surface area contributed by atoms with Crippen LogP contribution >= 0.6 is 0 Å². The minimum absolute atomic E-state index is 0.0475. The van der Waals surface area contributed by atoms with Crippen LogP contribution in [0.1, 0.15) is 12.8 Å². The average Bonchev–Trinajstić information content (AvgIpc) is 2.03. The summed E-state index contributed by atoms with van der Waals surface area (Å²) in [5.74, 6) is 0. The first-order valence-corrected chi connectivity index (χ1v) is 3.63. The van der Waals surface area contributed by atoms with Crippen LogP contribution in [0.4, 0.5) is 13.2 Å². The summed E-state index contributed by atoms with van der Waals surface area (Å²) in [7, 11) is 0. The third-order valence-electron chi connectivity index (χ3n) is 1.65. The normalized spacial score (nSPS) is 20.5. The van der Waals surface area contributed by atoms with Gasteiger partial charge in [0, 0.05) is 0 Å². The maximum absolute atomic E-state index is 11.9. The predicted octanol–water partition coefficient (Wildman–Crippen LogP) is 2.19. The van der Waals surface area contributed by atoms with Crippen LogP contribution in [-0.4, -0.2) is 17.4 Å². The van der Waals surface area contributed by atoms with Crippen LogP contribution in [0.5, 0.6) is 0 Å². The van der Waals surface area contributed by atoms with Gasteiger partial charge < -0.3 is 5.11 Å². The summed E-state index contributed by atoms with van der Waals surface area (Å²) in [5.41, 5.74) is -0.0475. The van der Waals surface area contributed by atoms with Crippen LogP contribution in [0, 0.1) is 0 Å². The van der Waals surface area contributed by atoms with Gasteiger partial charge in [0.1, 0.15) is 0 Å². The Bertz CT molecular complexity index is 215. The minimum atomic E-state index is -4.55. The van der Waals surface area contributed by atoms with Crippen LogP contribution in [0.3, 0.4) is 0 Å². The van der Waals surface area contributed by atoms with E-state index in [1.54, 1.807) is 6.08 Å². The Morgan fingerprint density at radius 3 is 2.42 bits per heavy atom. The van der Waals surface area contributed by atoms with Gasteiger partial charge in [-0.3, -0.25) is 0 Å². The summed E-state index contributed by atoms with van der Waals surface area (Å²) in [6.45, 7) is 0. The van der Waals surface area contributed by atoms with Crippen molar-refractivity contribution in [3.63, 3.8) is 0 Å². The van der Waals surface area contributed by atoms with Gasteiger partial charge in [0.2, 0.25) is 0 Å². The molecule has 1 aliphatic rings. The summed E-state index contributed by atoms with van der Waals surface area (Å²) in [5, 5.41) is 8.77. The van der Waals surface area contributed by atoms with Crippen molar-refractivity contribution in [2.75, 3.05) is 0 Å². The molecule has 4 heteroatoms. The summed E-state index contributed by atoms with van der Waals surface area (Å²) in [4.78, 5) is 0. The van der Waals surface area contributed by atoms with Crippen LogP contribution in [0.2, 0.25) is 0 Å². The molecule has 1 atom stereocenters. The molecule has 1 nitrogen and oxygen atoms in total. The van der Waals surface area contributed by atoms with Crippen molar-refractivity contribution >= 4 is 0 Å². The molecule has 1 unspecified atom stereocenters. The first-order chi connectivity index (χ1) is 5.52. The van der Waals surface area contributed by atoms with E-state index in [0.29, 0.717) is 6.42 Å². The van der Waals surface area contributed by atoms with Gasteiger partial charge in [-0.15, -0.1) is 0 Å². The number of allylic oxidation sites excluding steroid dienone is 2. The fourth-order valence-corrected chi connectivity index (χ4v) is 1.03. The van der Waals surface area contributed by atoms with Crippen molar-refractivity contribution in [3.8, 4) is 0 Å². The van der Waals surface area contributed by atoms with Crippen LogP contribution in [0.15, 0.2) is 23.8 Å². The van der Waals surface area contributed by atoms with E-state index in [-0.39, 0.29) is 5.57 Å². The minimum Gasteiger partial charge on any atom is -0.379 e. The molecule has 0 aromatic carbocycles. The third-order valence-corrected chi connectivity index (χ3v) is 1.65. The predicted molar refractivity (Wildman–Crippen MR) is 38.5 cm³/mol. The summed E-state index contributed by atoms with van der Waals surface area (Å²) in [6, 6.07) is 0. The smallest absolute Gasteiger partial charge is 0.379 e. The Hall–Kier alpha value is -0.770. The Balaban J connectivity index is 2.70. The highest BCUT2D eigenvalue weighted by atomic mass is 19.4. The van der Waals surface area contributed by atoms with E-state index in [2.05, 4.69) is 0 Å². The number of hydrogen-bond acceptors (Lipinski definition) is 1. The molecule has 0 spiro atoms. The molecule has 68 valence electrons. The number of halogens is 3. The second-order valence-electron chi connectivity index (χ2n) is 2.63. The maximum Gasteiger partial charge on any atom is 0.418 e. The molecule has 0 fully saturated rings. The molecule has 12 heavy (non-hydrogen) atoms. The van der Waals surface area contributed by atoms with Crippen molar-refractivity contribution in [2.45, 2.75) is 25.1 Å². The average molecular weight is 178 g/mol. The number of rotatable bonds is 1. The molecule has 1 aliphatic carbocycles. The molecule has 0 heterocycles. The fourth-order valence-electron chi connectivity index (χ4n) is 1.03. The topological polar surface area (TPSA) is 20.2 Å². The number of aliphatic hydroxyl groups excluding tert-OH is 1. The molecular weight excluding hydrogens is 169 g/mol. The Morgan fingerprint density at radius 1 is 1.33 bits per heavy atom. The highest BCUT2D eigenvalue weighted by Gasteiger charge is 2.39. The zero-order chi connectivity index (χ0) is 9.19. The summed E-state index contributed by atoms with van der Waals surface area (Å²) < 4.78 is 35.7. The molecule has 0 saturated carbocycles. The van der Waals surface area contributed by atoms with E-state index >= 15 is 0 Å². The van der Waals surface area contributed by atoms with Crippen LogP contribution in [-0.2, 0) is 0 Å². The van der Waals surface area contributed by atoms with Crippen molar-refractivity contribution in [1.29, 1.82) is 0 Å². The number of hydrogen-bond donors (Lipinski definition) is 1. The Kier molecular flexibility index (Phi) is 2.57. The molecule has 1 N–H and O–H groups in total. The van der Waals surface area contributed by atoms with Gasteiger partial charge in [-0.25, -0.2) is 0 Å².